The molecule has 0 fully saturated rings. The van der Waals surface area contributed by atoms with Gasteiger partial charge in [0.15, 0.2) is 6.10 Å². The molecule has 0 saturated carbocycles. The number of hydrogen-bond acceptors (Lipinski definition) is 6. The Hall–Kier alpha value is -2.88. The zero-order valence-electron chi connectivity index (χ0n) is 14.8. The van der Waals surface area contributed by atoms with E-state index in [4.69, 9.17) is 14.7 Å². The number of nitrogens with one attached hydrogen (secondary N) is 2. The second-order valence-corrected chi connectivity index (χ2v) is 6.47. The topological polar surface area (TPSA) is 117 Å². The lowest BCUT2D eigenvalue weighted by Gasteiger charge is -2.25. The SMILES string of the molecule is CO[C@H](/C=C/C(=O)NO)[C@H](OC(=O)Nc1ccccc1)c1cc(Br)ccc1O. The molecule has 148 valence electrons. The number of benzene rings is 2. The van der Waals surface area contributed by atoms with Crippen molar-refractivity contribution in [1.82, 2.24) is 5.48 Å². The van der Waals surface area contributed by atoms with Crippen molar-refractivity contribution in [3.05, 3.63) is 70.7 Å². The molecule has 2 atom stereocenters. The number of aromatic hydroxyl groups is 1. The van der Waals surface area contributed by atoms with Gasteiger partial charge in [0.05, 0.1) is 0 Å². The number of halogens is 1. The Labute approximate surface area is 169 Å². The first-order valence-corrected chi connectivity index (χ1v) is 8.90. The van der Waals surface area contributed by atoms with Gasteiger partial charge < -0.3 is 14.6 Å². The molecule has 0 radical (unpaired) electrons. The number of carbonyl (C=O) groups excluding carboxylic acids is 2. The molecule has 4 N–H and O–H groups in total. The van der Waals surface area contributed by atoms with E-state index in [1.807, 2.05) is 0 Å². The second kappa shape index (κ2) is 10.5. The van der Waals surface area contributed by atoms with Gasteiger partial charge in [0.1, 0.15) is 11.9 Å². The van der Waals surface area contributed by atoms with Gasteiger partial charge in [-0.05, 0) is 36.4 Å². The van der Waals surface area contributed by atoms with Gasteiger partial charge in [-0.2, -0.15) is 0 Å². The normalized spacial score (nSPS) is 13.0. The highest BCUT2D eigenvalue weighted by molar-refractivity contribution is 9.10. The Morgan fingerprint density at radius 3 is 2.54 bits per heavy atom. The highest BCUT2D eigenvalue weighted by atomic mass is 79.9. The van der Waals surface area contributed by atoms with Crippen molar-refractivity contribution >= 4 is 33.6 Å². The molecule has 2 aromatic carbocycles. The minimum absolute atomic E-state index is 0.122. The summed E-state index contributed by atoms with van der Waals surface area (Å²) in [5.74, 6) is -0.907. The van der Waals surface area contributed by atoms with Gasteiger partial charge in [-0.1, -0.05) is 34.1 Å². The zero-order chi connectivity index (χ0) is 20.5. The minimum Gasteiger partial charge on any atom is -0.508 e. The molecule has 0 heterocycles. The number of phenolic OH excluding ortho intramolecular Hbond substituents is 1. The Morgan fingerprint density at radius 2 is 1.89 bits per heavy atom. The maximum atomic E-state index is 12.4. The van der Waals surface area contributed by atoms with E-state index in [0.29, 0.717) is 10.2 Å². The monoisotopic (exact) mass is 450 g/mol. The molecular formula is C19H19BrN2O6. The lowest BCUT2D eigenvalue weighted by molar-refractivity contribution is -0.124. The molecule has 0 bridgehead atoms. The van der Waals surface area contributed by atoms with Crippen LogP contribution in [0.4, 0.5) is 10.5 Å². The number of hydrogen-bond donors (Lipinski definition) is 4. The first kappa shape index (κ1) is 21.4. The average Bonchev–Trinajstić information content (AvgIpc) is 2.69. The van der Waals surface area contributed by atoms with E-state index in [0.717, 1.165) is 6.08 Å². The highest BCUT2D eigenvalue weighted by Crippen LogP contribution is 2.33. The van der Waals surface area contributed by atoms with E-state index >= 15 is 0 Å². The molecule has 0 spiro atoms. The summed E-state index contributed by atoms with van der Waals surface area (Å²) in [7, 11) is 1.35. The number of carbonyl (C=O) groups is 2. The predicted molar refractivity (Wildman–Crippen MR) is 105 cm³/mol. The van der Waals surface area contributed by atoms with Gasteiger partial charge in [0.2, 0.25) is 0 Å². The summed E-state index contributed by atoms with van der Waals surface area (Å²) in [5, 5.41) is 21.5. The van der Waals surface area contributed by atoms with Crippen molar-refractivity contribution < 1.29 is 29.4 Å². The van der Waals surface area contributed by atoms with Crippen LogP contribution >= 0.6 is 15.9 Å². The van der Waals surface area contributed by atoms with Crippen molar-refractivity contribution in [2.24, 2.45) is 0 Å². The first-order valence-electron chi connectivity index (χ1n) is 8.10. The van der Waals surface area contributed by atoms with Gasteiger partial charge in [0.25, 0.3) is 5.91 Å². The van der Waals surface area contributed by atoms with Crippen LogP contribution in [0.25, 0.3) is 0 Å². The van der Waals surface area contributed by atoms with Crippen molar-refractivity contribution in [3.63, 3.8) is 0 Å². The third-order valence-electron chi connectivity index (χ3n) is 3.67. The standard InChI is InChI=1S/C19H19BrN2O6/c1-27-16(9-10-17(24)22-26)18(14-11-12(20)7-8-15(14)23)28-19(25)21-13-5-3-2-4-6-13/h2-11,16,18,23,26H,1H3,(H,21,25)(H,22,24)/b10-9+/t16-,18-/m1/s1. The Morgan fingerprint density at radius 1 is 1.18 bits per heavy atom. The molecule has 2 aromatic rings. The third-order valence-corrected chi connectivity index (χ3v) is 4.16. The summed E-state index contributed by atoms with van der Waals surface area (Å²) in [5.41, 5.74) is 2.24. The lowest BCUT2D eigenvalue weighted by atomic mass is 10.0. The van der Waals surface area contributed by atoms with Crippen LogP contribution < -0.4 is 10.8 Å². The van der Waals surface area contributed by atoms with Crippen LogP contribution in [0.1, 0.15) is 11.7 Å². The van der Waals surface area contributed by atoms with Crippen molar-refractivity contribution in [2.45, 2.75) is 12.2 Å². The van der Waals surface area contributed by atoms with E-state index in [-0.39, 0.29) is 11.3 Å². The number of methoxy groups -OCH3 is 1. The van der Waals surface area contributed by atoms with Gasteiger partial charge in [-0.25, -0.2) is 10.3 Å². The fourth-order valence-electron chi connectivity index (χ4n) is 2.37. The molecule has 0 aliphatic rings. The Kier molecular flexibility index (Phi) is 8.00. The number of anilines is 1. The summed E-state index contributed by atoms with van der Waals surface area (Å²) in [6.45, 7) is 0. The zero-order valence-corrected chi connectivity index (χ0v) is 16.4. The van der Waals surface area contributed by atoms with E-state index in [9.17, 15) is 14.7 Å². The summed E-state index contributed by atoms with van der Waals surface area (Å²) in [6.07, 6.45) is -0.480. The predicted octanol–water partition coefficient (Wildman–Crippen LogP) is 3.52. The van der Waals surface area contributed by atoms with Crippen LogP contribution in [0.5, 0.6) is 5.75 Å². The molecule has 2 amide bonds. The molecular weight excluding hydrogens is 432 g/mol. The number of hydroxylamine groups is 1. The second-order valence-electron chi connectivity index (χ2n) is 5.56. The lowest BCUT2D eigenvalue weighted by Crippen LogP contribution is -2.27. The fraction of sp³-hybridized carbons (Fsp3) is 0.158. The molecule has 8 nitrogen and oxygen atoms in total. The maximum absolute atomic E-state index is 12.4. The summed E-state index contributed by atoms with van der Waals surface area (Å²) in [4.78, 5) is 23.7. The van der Waals surface area contributed by atoms with Crippen LogP contribution in [-0.2, 0) is 14.3 Å². The molecule has 0 aliphatic heterocycles. The van der Waals surface area contributed by atoms with Crippen LogP contribution in [0.2, 0.25) is 0 Å². The molecule has 2 rings (SSSR count). The van der Waals surface area contributed by atoms with E-state index in [2.05, 4.69) is 21.2 Å². The maximum Gasteiger partial charge on any atom is 0.412 e. The molecule has 9 heteroatoms. The highest BCUT2D eigenvalue weighted by Gasteiger charge is 2.28. The van der Waals surface area contributed by atoms with Crippen LogP contribution in [0, 0.1) is 0 Å². The fourth-order valence-corrected chi connectivity index (χ4v) is 2.75. The summed E-state index contributed by atoms with van der Waals surface area (Å²) in [6, 6.07) is 13.3. The summed E-state index contributed by atoms with van der Waals surface area (Å²) >= 11 is 3.31. The molecule has 0 aliphatic carbocycles. The number of phenols is 1. The molecule has 0 saturated heterocycles. The minimum atomic E-state index is -1.09. The Balaban J connectivity index is 2.31. The quantitative estimate of drug-likeness (QED) is 0.291. The van der Waals surface area contributed by atoms with Gasteiger partial charge in [-0.15, -0.1) is 0 Å². The van der Waals surface area contributed by atoms with Crippen molar-refractivity contribution in [3.8, 4) is 5.75 Å². The van der Waals surface area contributed by atoms with Gasteiger partial charge in [-0.3, -0.25) is 15.3 Å². The average molecular weight is 451 g/mol. The van der Waals surface area contributed by atoms with Gasteiger partial charge in [0, 0.05) is 28.9 Å². The van der Waals surface area contributed by atoms with Crippen LogP contribution in [0.3, 0.4) is 0 Å². The van der Waals surface area contributed by atoms with Crippen molar-refractivity contribution in [2.75, 3.05) is 12.4 Å². The number of ether oxygens (including phenoxy) is 2. The van der Waals surface area contributed by atoms with E-state index in [1.54, 1.807) is 42.5 Å². The van der Waals surface area contributed by atoms with E-state index in [1.165, 1.54) is 24.7 Å². The third kappa shape index (κ3) is 6.08. The van der Waals surface area contributed by atoms with E-state index < -0.39 is 24.2 Å². The smallest absolute Gasteiger partial charge is 0.412 e. The largest absolute Gasteiger partial charge is 0.508 e. The van der Waals surface area contributed by atoms with Gasteiger partial charge >= 0.3 is 6.09 Å². The molecule has 28 heavy (non-hydrogen) atoms. The number of para-hydroxylation sites is 1. The Bertz CT molecular complexity index is 844. The molecule has 0 aromatic heterocycles. The van der Waals surface area contributed by atoms with Crippen LogP contribution in [-0.4, -0.2) is 35.5 Å². The summed E-state index contributed by atoms with van der Waals surface area (Å²) < 4.78 is 11.5. The number of rotatable bonds is 7. The number of amides is 2. The first-order chi connectivity index (χ1) is 13.4. The van der Waals surface area contributed by atoms with Crippen molar-refractivity contribution in [1.29, 1.82) is 0 Å². The molecule has 0 unspecified atom stereocenters. The van der Waals surface area contributed by atoms with Crippen LogP contribution in [0.15, 0.2) is 65.2 Å².